The minimum absolute atomic E-state index is 0.539. The van der Waals surface area contributed by atoms with Crippen molar-refractivity contribution in [1.82, 2.24) is 15.1 Å². The van der Waals surface area contributed by atoms with Crippen LogP contribution in [0.15, 0.2) is 0 Å². The van der Waals surface area contributed by atoms with Crippen molar-refractivity contribution in [2.75, 3.05) is 13.1 Å². The highest BCUT2D eigenvalue weighted by atomic mass is 15.3. The maximum Gasteiger partial charge on any atom is 0.0631 e. The summed E-state index contributed by atoms with van der Waals surface area (Å²) < 4.78 is 2.17. The van der Waals surface area contributed by atoms with Gasteiger partial charge in [-0.15, -0.1) is 0 Å². The van der Waals surface area contributed by atoms with Gasteiger partial charge in [-0.3, -0.25) is 4.68 Å². The summed E-state index contributed by atoms with van der Waals surface area (Å²) in [6, 6.07) is 0. The van der Waals surface area contributed by atoms with Crippen molar-refractivity contribution in [2.45, 2.75) is 60.4 Å². The Morgan fingerprint density at radius 2 is 1.89 bits per heavy atom. The number of hydrogen-bond donors (Lipinski definition) is 1. The summed E-state index contributed by atoms with van der Waals surface area (Å²) in [5.74, 6) is 1.18. The quantitative estimate of drug-likeness (QED) is 0.754. The number of nitrogens with zero attached hydrogens (tertiary/aromatic N) is 2. The predicted molar refractivity (Wildman–Crippen MR) is 78.1 cm³/mol. The molecule has 1 atom stereocenters. The van der Waals surface area contributed by atoms with Gasteiger partial charge in [-0.25, -0.2) is 0 Å². The molecule has 3 heteroatoms. The molecule has 0 radical (unpaired) electrons. The summed E-state index contributed by atoms with van der Waals surface area (Å²) in [6.07, 6.45) is 1.19. The Hall–Kier alpha value is -0.830. The van der Waals surface area contributed by atoms with E-state index < -0.39 is 0 Å². The predicted octanol–water partition coefficient (Wildman–Crippen LogP) is 3.26. The Balaban J connectivity index is 2.78. The van der Waals surface area contributed by atoms with E-state index >= 15 is 0 Å². The summed E-state index contributed by atoms with van der Waals surface area (Å²) in [6.45, 7) is 16.5. The monoisotopic (exact) mass is 251 g/mol. The van der Waals surface area contributed by atoms with Crippen molar-refractivity contribution in [1.29, 1.82) is 0 Å². The normalized spacial score (nSPS) is 13.3. The molecule has 104 valence electrons. The van der Waals surface area contributed by atoms with Crippen molar-refractivity contribution < 1.29 is 0 Å². The standard InChI is InChI=1S/C15H29N3/c1-7-8-16-9-12(4)15-13(5)17-18(14(15)6)10-11(2)3/h11-12,16H,7-10H2,1-6H3. The largest absolute Gasteiger partial charge is 0.316 e. The van der Waals surface area contributed by atoms with Crippen LogP contribution in [-0.2, 0) is 6.54 Å². The van der Waals surface area contributed by atoms with E-state index in [0.717, 1.165) is 19.6 Å². The summed E-state index contributed by atoms with van der Waals surface area (Å²) in [5.41, 5.74) is 3.96. The average Bonchev–Trinajstić information content (AvgIpc) is 2.53. The Bertz CT molecular complexity index is 366. The van der Waals surface area contributed by atoms with Crippen LogP contribution >= 0.6 is 0 Å². The summed E-state index contributed by atoms with van der Waals surface area (Å²) in [4.78, 5) is 0. The lowest BCUT2D eigenvalue weighted by molar-refractivity contribution is 0.472. The first kappa shape index (κ1) is 15.2. The van der Waals surface area contributed by atoms with Gasteiger partial charge >= 0.3 is 0 Å². The van der Waals surface area contributed by atoms with Crippen LogP contribution in [-0.4, -0.2) is 22.9 Å². The minimum Gasteiger partial charge on any atom is -0.316 e. The second-order valence-corrected chi connectivity index (χ2v) is 5.77. The second-order valence-electron chi connectivity index (χ2n) is 5.77. The highest BCUT2D eigenvalue weighted by Crippen LogP contribution is 2.23. The number of aromatic nitrogens is 2. The van der Waals surface area contributed by atoms with E-state index in [1.807, 2.05) is 0 Å². The van der Waals surface area contributed by atoms with Gasteiger partial charge in [0.1, 0.15) is 0 Å². The zero-order valence-electron chi connectivity index (χ0n) is 12.9. The van der Waals surface area contributed by atoms with Crippen molar-refractivity contribution in [3.05, 3.63) is 17.0 Å². The molecule has 3 nitrogen and oxygen atoms in total. The Morgan fingerprint density at radius 3 is 2.44 bits per heavy atom. The van der Waals surface area contributed by atoms with Gasteiger partial charge in [0, 0.05) is 18.8 Å². The van der Waals surface area contributed by atoms with Crippen molar-refractivity contribution >= 4 is 0 Å². The van der Waals surface area contributed by atoms with Crippen LogP contribution in [0.3, 0.4) is 0 Å². The summed E-state index contributed by atoms with van der Waals surface area (Å²) in [5, 5.41) is 8.19. The number of hydrogen-bond acceptors (Lipinski definition) is 2. The van der Waals surface area contributed by atoms with Crippen LogP contribution in [0.1, 0.15) is 57.0 Å². The van der Waals surface area contributed by atoms with Gasteiger partial charge in [0.25, 0.3) is 0 Å². The molecule has 0 aromatic carbocycles. The molecule has 0 aliphatic rings. The first-order valence-electron chi connectivity index (χ1n) is 7.21. The maximum atomic E-state index is 4.69. The Labute approximate surface area is 112 Å². The smallest absolute Gasteiger partial charge is 0.0631 e. The molecule has 1 rings (SSSR count). The fourth-order valence-electron chi connectivity index (χ4n) is 2.54. The highest BCUT2D eigenvalue weighted by molar-refractivity contribution is 5.28. The van der Waals surface area contributed by atoms with Gasteiger partial charge < -0.3 is 5.32 Å². The van der Waals surface area contributed by atoms with E-state index in [9.17, 15) is 0 Å². The number of rotatable bonds is 7. The fourth-order valence-corrected chi connectivity index (χ4v) is 2.54. The molecule has 1 heterocycles. The lowest BCUT2D eigenvalue weighted by Crippen LogP contribution is -2.21. The Kier molecular flexibility index (Phi) is 5.86. The topological polar surface area (TPSA) is 29.9 Å². The molecule has 0 spiro atoms. The van der Waals surface area contributed by atoms with Gasteiger partial charge in [-0.1, -0.05) is 27.7 Å². The number of aryl methyl sites for hydroxylation is 1. The third-order valence-electron chi connectivity index (χ3n) is 3.35. The van der Waals surface area contributed by atoms with Gasteiger partial charge in [0.2, 0.25) is 0 Å². The zero-order valence-corrected chi connectivity index (χ0v) is 12.9. The molecule has 0 bridgehead atoms. The highest BCUT2D eigenvalue weighted by Gasteiger charge is 2.17. The molecule has 1 aromatic rings. The van der Waals surface area contributed by atoms with E-state index in [1.165, 1.54) is 23.4 Å². The molecule has 1 aromatic heterocycles. The maximum absolute atomic E-state index is 4.69. The summed E-state index contributed by atoms with van der Waals surface area (Å²) in [7, 11) is 0. The van der Waals surface area contributed by atoms with Gasteiger partial charge in [-0.2, -0.15) is 5.10 Å². The molecule has 0 amide bonds. The van der Waals surface area contributed by atoms with Crippen LogP contribution in [0.25, 0.3) is 0 Å². The molecule has 1 N–H and O–H groups in total. The molecule has 18 heavy (non-hydrogen) atoms. The van der Waals surface area contributed by atoms with E-state index in [2.05, 4.69) is 56.6 Å². The van der Waals surface area contributed by atoms with Crippen molar-refractivity contribution in [3.63, 3.8) is 0 Å². The molecule has 0 aliphatic carbocycles. The lowest BCUT2D eigenvalue weighted by atomic mass is 9.99. The third-order valence-corrected chi connectivity index (χ3v) is 3.35. The van der Waals surface area contributed by atoms with E-state index in [4.69, 9.17) is 0 Å². The van der Waals surface area contributed by atoms with Crippen molar-refractivity contribution in [2.24, 2.45) is 5.92 Å². The average molecular weight is 251 g/mol. The van der Waals surface area contributed by atoms with Crippen LogP contribution in [0.5, 0.6) is 0 Å². The van der Waals surface area contributed by atoms with Crippen LogP contribution in [0, 0.1) is 19.8 Å². The van der Waals surface area contributed by atoms with E-state index in [0.29, 0.717) is 11.8 Å². The van der Waals surface area contributed by atoms with Crippen LogP contribution in [0.2, 0.25) is 0 Å². The third kappa shape index (κ3) is 3.84. The van der Waals surface area contributed by atoms with Gasteiger partial charge in [-0.05, 0) is 44.2 Å². The first-order valence-corrected chi connectivity index (χ1v) is 7.21. The molecule has 0 aliphatic heterocycles. The molecular weight excluding hydrogens is 222 g/mol. The molecule has 0 fully saturated rings. The summed E-state index contributed by atoms with van der Waals surface area (Å²) >= 11 is 0. The molecular formula is C15H29N3. The van der Waals surface area contributed by atoms with E-state index in [1.54, 1.807) is 0 Å². The molecule has 1 unspecified atom stereocenters. The molecule has 0 saturated carbocycles. The first-order chi connectivity index (χ1) is 8.47. The Morgan fingerprint density at radius 1 is 1.22 bits per heavy atom. The second kappa shape index (κ2) is 6.93. The van der Waals surface area contributed by atoms with Gasteiger partial charge in [0.15, 0.2) is 0 Å². The molecule has 0 saturated heterocycles. The lowest BCUT2D eigenvalue weighted by Gasteiger charge is -2.14. The van der Waals surface area contributed by atoms with E-state index in [-0.39, 0.29) is 0 Å². The fraction of sp³-hybridized carbons (Fsp3) is 0.800. The SMILES string of the molecule is CCCNCC(C)c1c(C)nn(CC(C)C)c1C. The minimum atomic E-state index is 0.539. The zero-order chi connectivity index (χ0) is 13.7. The van der Waals surface area contributed by atoms with Crippen LogP contribution in [0.4, 0.5) is 0 Å². The van der Waals surface area contributed by atoms with Gasteiger partial charge in [0.05, 0.1) is 5.69 Å². The van der Waals surface area contributed by atoms with Crippen LogP contribution < -0.4 is 5.32 Å². The number of nitrogens with one attached hydrogen (secondary N) is 1. The van der Waals surface area contributed by atoms with Crippen molar-refractivity contribution in [3.8, 4) is 0 Å².